The monoisotopic (exact) mass is 238 g/mol. The van der Waals surface area contributed by atoms with Gasteiger partial charge in [0.1, 0.15) is 5.60 Å². The third kappa shape index (κ3) is 6.98. The highest BCUT2D eigenvalue weighted by Crippen LogP contribution is 2.24. The van der Waals surface area contributed by atoms with E-state index in [0.717, 1.165) is 25.7 Å². The van der Waals surface area contributed by atoms with Crippen LogP contribution in [0.3, 0.4) is 0 Å². The molecule has 17 heavy (non-hydrogen) atoms. The standard InChI is InChI=1S/C15H26O2/c1-7-9-13(8-2)10-11-15(5,6)17-14(16)12(3)4/h7,13H,1,3,8-11H2,2,4-6H3. The Morgan fingerprint density at radius 1 is 1.47 bits per heavy atom. The SMILES string of the molecule is C=CCC(CC)CCC(C)(C)OC(=O)C(=C)C. The van der Waals surface area contributed by atoms with Crippen LogP contribution in [0.4, 0.5) is 0 Å². The predicted molar refractivity (Wildman–Crippen MR) is 72.8 cm³/mol. The molecule has 2 heteroatoms. The summed E-state index contributed by atoms with van der Waals surface area (Å²) in [7, 11) is 0. The minimum absolute atomic E-state index is 0.299. The molecule has 1 unspecified atom stereocenters. The molecule has 0 bridgehead atoms. The summed E-state index contributed by atoms with van der Waals surface area (Å²) in [4.78, 5) is 11.5. The summed E-state index contributed by atoms with van der Waals surface area (Å²) < 4.78 is 5.41. The summed E-state index contributed by atoms with van der Waals surface area (Å²) in [6, 6.07) is 0. The number of allylic oxidation sites excluding steroid dienone is 1. The molecule has 0 aliphatic carbocycles. The lowest BCUT2D eigenvalue weighted by Crippen LogP contribution is -2.29. The molecule has 0 aromatic rings. The number of rotatable bonds is 8. The van der Waals surface area contributed by atoms with Gasteiger partial charge in [-0.25, -0.2) is 4.79 Å². The van der Waals surface area contributed by atoms with Crippen LogP contribution >= 0.6 is 0 Å². The van der Waals surface area contributed by atoms with Crippen LogP contribution in [0.25, 0.3) is 0 Å². The Hall–Kier alpha value is -1.05. The van der Waals surface area contributed by atoms with E-state index < -0.39 is 5.60 Å². The van der Waals surface area contributed by atoms with Crippen molar-refractivity contribution in [2.24, 2.45) is 5.92 Å². The van der Waals surface area contributed by atoms with Crippen LogP contribution in [0.2, 0.25) is 0 Å². The second-order valence-electron chi connectivity index (χ2n) is 5.27. The Morgan fingerprint density at radius 3 is 2.47 bits per heavy atom. The van der Waals surface area contributed by atoms with Gasteiger partial charge in [-0.15, -0.1) is 6.58 Å². The number of hydrogen-bond donors (Lipinski definition) is 0. The van der Waals surface area contributed by atoms with Gasteiger partial charge in [0.05, 0.1) is 0 Å². The molecule has 1 atom stereocenters. The molecular formula is C15H26O2. The fourth-order valence-electron chi connectivity index (χ4n) is 1.67. The maximum Gasteiger partial charge on any atom is 0.333 e. The fourth-order valence-corrected chi connectivity index (χ4v) is 1.67. The van der Waals surface area contributed by atoms with Crippen LogP contribution in [-0.4, -0.2) is 11.6 Å². The van der Waals surface area contributed by atoms with Gasteiger partial charge in [-0.2, -0.15) is 0 Å². The Kier molecular flexibility index (Phi) is 6.86. The van der Waals surface area contributed by atoms with Gasteiger partial charge < -0.3 is 4.74 Å². The van der Waals surface area contributed by atoms with E-state index >= 15 is 0 Å². The highest BCUT2D eigenvalue weighted by atomic mass is 16.6. The Bertz CT molecular complexity index is 277. The number of carbonyl (C=O) groups is 1. The molecule has 0 rings (SSSR count). The van der Waals surface area contributed by atoms with Crippen LogP contribution in [0.5, 0.6) is 0 Å². The maximum atomic E-state index is 11.5. The zero-order valence-electron chi connectivity index (χ0n) is 11.7. The van der Waals surface area contributed by atoms with E-state index in [9.17, 15) is 4.79 Å². The molecule has 0 aromatic carbocycles. The van der Waals surface area contributed by atoms with E-state index in [1.54, 1.807) is 6.92 Å². The predicted octanol–water partition coefficient (Wildman–Crippen LogP) is 4.27. The van der Waals surface area contributed by atoms with E-state index in [2.05, 4.69) is 20.1 Å². The third-order valence-corrected chi connectivity index (χ3v) is 2.95. The second kappa shape index (κ2) is 7.31. The molecule has 0 radical (unpaired) electrons. The van der Waals surface area contributed by atoms with Gasteiger partial charge in [-0.1, -0.05) is 26.0 Å². The van der Waals surface area contributed by atoms with E-state index in [0.29, 0.717) is 11.5 Å². The molecule has 0 aliphatic rings. The van der Waals surface area contributed by atoms with E-state index in [4.69, 9.17) is 4.74 Å². The number of esters is 1. The first-order chi connectivity index (χ1) is 7.82. The molecular weight excluding hydrogens is 212 g/mol. The van der Waals surface area contributed by atoms with Gasteiger partial charge in [0, 0.05) is 5.57 Å². The van der Waals surface area contributed by atoms with Crippen LogP contribution < -0.4 is 0 Å². The zero-order valence-corrected chi connectivity index (χ0v) is 11.7. The topological polar surface area (TPSA) is 26.3 Å². The second-order valence-corrected chi connectivity index (χ2v) is 5.27. The Labute approximate surface area is 106 Å². The van der Waals surface area contributed by atoms with Crippen molar-refractivity contribution in [2.75, 3.05) is 0 Å². The highest BCUT2D eigenvalue weighted by Gasteiger charge is 2.24. The average molecular weight is 238 g/mol. The van der Waals surface area contributed by atoms with Gasteiger partial charge in [-0.05, 0) is 46.0 Å². The largest absolute Gasteiger partial charge is 0.456 e. The molecule has 2 nitrogen and oxygen atoms in total. The van der Waals surface area contributed by atoms with Crippen LogP contribution in [-0.2, 0) is 9.53 Å². The van der Waals surface area contributed by atoms with E-state index in [-0.39, 0.29) is 5.97 Å². The van der Waals surface area contributed by atoms with E-state index in [1.807, 2.05) is 19.9 Å². The molecule has 0 amide bonds. The summed E-state index contributed by atoms with van der Waals surface area (Å²) in [5.41, 5.74) is 0.0427. The molecule has 0 aromatic heterocycles. The average Bonchev–Trinajstić information content (AvgIpc) is 2.23. The lowest BCUT2D eigenvalue weighted by Gasteiger charge is -2.27. The number of hydrogen-bond acceptors (Lipinski definition) is 2. The van der Waals surface area contributed by atoms with Crippen molar-refractivity contribution in [1.82, 2.24) is 0 Å². The lowest BCUT2D eigenvalue weighted by molar-refractivity contribution is -0.152. The molecule has 0 aliphatic heterocycles. The van der Waals surface area contributed by atoms with Crippen LogP contribution in [0.15, 0.2) is 24.8 Å². The summed E-state index contributed by atoms with van der Waals surface area (Å²) >= 11 is 0. The number of carbonyl (C=O) groups excluding carboxylic acids is 1. The molecule has 98 valence electrons. The van der Waals surface area contributed by atoms with Gasteiger partial charge >= 0.3 is 5.97 Å². The third-order valence-electron chi connectivity index (χ3n) is 2.95. The highest BCUT2D eigenvalue weighted by molar-refractivity contribution is 5.87. The first-order valence-corrected chi connectivity index (χ1v) is 6.32. The van der Waals surface area contributed by atoms with E-state index in [1.165, 1.54) is 0 Å². The van der Waals surface area contributed by atoms with Crippen molar-refractivity contribution in [1.29, 1.82) is 0 Å². The van der Waals surface area contributed by atoms with Crippen molar-refractivity contribution in [3.8, 4) is 0 Å². The fraction of sp³-hybridized carbons (Fsp3) is 0.667. The molecule has 0 fully saturated rings. The van der Waals surface area contributed by atoms with Crippen molar-refractivity contribution in [3.05, 3.63) is 24.8 Å². The van der Waals surface area contributed by atoms with Crippen molar-refractivity contribution in [3.63, 3.8) is 0 Å². The molecule has 0 saturated heterocycles. The molecule has 0 N–H and O–H groups in total. The van der Waals surface area contributed by atoms with Crippen molar-refractivity contribution in [2.45, 2.75) is 59.0 Å². The quantitative estimate of drug-likeness (QED) is 0.358. The molecule has 0 spiro atoms. The summed E-state index contributed by atoms with van der Waals surface area (Å²) in [5.74, 6) is 0.335. The Morgan fingerprint density at radius 2 is 2.06 bits per heavy atom. The molecule has 0 heterocycles. The summed E-state index contributed by atoms with van der Waals surface area (Å²) in [5, 5.41) is 0. The normalized spacial score (nSPS) is 12.9. The van der Waals surface area contributed by atoms with Crippen LogP contribution in [0.1, 0.15) is 53.4 Å². The van der Waals surface area contributed by atoms with Gasteiger partial charge in [0.25, 0.3) is 0 Å². The first-order valence-electron chi connectivity index (χ1n) is 6.32. The summed E-state index contributed by atoms with van der Waals surface area (Å²) in [6.07, 6.45) is 6.05. The minimum Gasteiger partial charge on any atom is -0.456 e. The van der Waals surface area contributed by atoms with Crippen molar-refractivity contribution < 1.29 is 9.53 Å². The van der Waals surface area contributed by atoms with Gasteiger partial charge in [0.15, 0.2) is 0 Å². The number of ether oxygens (including phenoxy) is 1. The lowest BCUT2D eigenvalue weighted by atomic mass is 9.91. The zero-order chi connectivity index (χ0) is 13.5. The van der Waals surface area contributed by atoms with Crippen LogP contribution in [0, 0.1) is 5.92 Å². The smallest absolute Gasteiger partial charge is 0.333 e. The minimum atomic E-state index is -0.412. The summed E-state index contributed by atoms with van der Waals surface area (Å²) in [6.45, 7) is 15.1. The van der Waals surface area contributed by atoms with Gasteiger partial charge in [-0.3, -0.25) is 0 Å². The maximum absolute atomic E-state index is 11.5. The molecule has 0 saturated carbocycles. The van der Waals surface area contributed by atoms with Crippen molar-refractivity contribution >= 4 is 5.97 Å². The first kappa shape index (κ1) is 16.0. The van der Waals surface area contributed by atoms with Gasteiger partial charge in [0.2, 0.25) is 0 Å². The Balaban J connectivity index is 4.20.